The Bertz CT molecular complexity index is 12.4. The van der Waals surface area contributed by atoms with Gasteiger partial charge >= 0.3 is 0 Å². The molecule has 0 aromatic carbocycles. The van der Waals surface area contributed by atoms with E-state index in [9.17, 15) is 0 Å². The number of aliphatic hydroxyl groups is 1. The van der Waals surface area contributed by atoms with E-state index in [1.807, 2.05) is 0 Å². The lowest BCUT2D eigenvalue weighted by Crippen LogP contribution is -2.02. The van der Waals surface area contributed by atoms with Crippen molar-refractivity contribution in [2.75, 3.05) is 13.2 Å². The molecule has 0 aromatic heterocycles. The molecule has 0 aromatic rings. The Labute approximate surface area is 49.8 Å². The second kappa shape index (κ2) is 72.4. The van der Waals surface area contributed by atoms with Crippen LogP contribution in [0.1, 0.15) is 0 Å². The monoisotopic (exact) mass is 129 g/mol. The lowest BCUT2D eigenvalue weighted by atomic mass is 10.8. The second-order valence-electron chi connectivity index (χ2n) is 0.512. The van der Waals surface area contributed by atoms with Crippen LogP contribution in [0.25, 0.3) is 0 Å². The Kier molecular flexibility index (Phi) is 421. The first-order valence-electron chi connectivity index (χ1n) is 1.22. The fraction of sp³-hybridized carbons (Fsp3) is 1.00. The molecule has 0 atom stereocenters. The third kappa shape index (κ3) is 226. The molecule has 8 heavy (non-hydrogen) atoms. The van der Waals surface area contributed by atoms with Gasteiger partial charge in [0.05, 0.1) is 6.61 Å². The van der Waals surface area contributed by atoms with Gasteiger partial charge in [0.25, 0.3) is 0 Å². The molecular weight excluding hydrogens is 110 g/mol. The number of rotatable bonds is 1. The molecule has 0 unspecified atom stereocenters. The zero-order valence-corrected chi connectivity index (χ0v) is 5.27. The van der Waals surface area contributed by atoms with Crippen LogP contribution in [0.4, 0.5) is 0 Å². The van der Waals surface area contributed by atoms with E-state index >= 15 is 0 Å². The zero-order valence-electron chi connectivity index (χ0n) is 5.27. The van der Waals surface area contributed by atoms with E-state index in [-0.39, 0.29) is 31.2 Å². The Morgan fingerprint density at radius 1 is 1.00 bits per heavy atom. The molecule has 6 nitrogen and oxygen atoms in total. The predicted molar refractivity (Wildman–Crippen MR) is 36.2 cm³/mol. The number of aliphatic hydroxyl groups excluding tert-OH is 1. The molecule has 0 bridgehead atoms. The highest BCUT2D eigenvalue weighted by Gasteiger charge is 1.56. The first-order valence-corrected chi connectivity index (χ1v) is 1.22. The van der Waals surface area contributed by atoms with Crippen LogP contribution in [-0.2, 0) is 0 Å². The molecule has 0 heterocycles. The molecule has 58 valence electrons. The molecule has 0 amide bonds. The van der Waals surface area contributed by atoms with E-state index in [4.69, 9.17) is 10.8 Å². The van der Waals surface area contributed by atoms with Crippen LogP contribution in [0.15, 0.2) is 0 Å². The third-order valence-electron chi connectivity index (χ3n) is 0.129. The van der Waals surface area contributed by atoms with Crippen molar-refractivity contribution < 1.29 is 5.11 Å². The van der Waals surface area contributed by atoms with Crippen molar-refractivity contribution in [2.45, 2.75) is 0 Å². The number of nitrogens with two attached hydrogens (primary N) is 1. The normalized spacial score (nSPS) is 3.75. The molecule has 0 saturated heterocycles. The van der Waals surface area contributed by atoms with E-state index in [2.05, 4.69) is 0 Å². The highest BCUT2D eigenvalue weighted by molar-refractivity contribution is 4.17. The van der Waals surface area contributed by atoms with Gasteiger partial charge in [-0.15, -0.1) is 0 Å². The summed E-state index contributed by atoms with van der Waals surface area (Å²) in [7, 11) is 0. The lowest BCUT2D eigenvalue weighted by molar-refractivity contribution is 0.306. The van der Waals surface area contributed by atoms with Gasteiger partial charge in [-0.1, -0.05) is 0 Å². The average Bonchev–Trinajstić information content (AvgIpc) is 1.37. The molecule has 6 heteroatoms. The Morgan fingerprint density at radius 3 is 1.12 bits per heavy atom. The summed E-state index contributed by atoms with van der Waals surface area (Å²) in [4.78, 5) is 0. The van der Waals surface area contributed by atoms with E-state index < -0.39 is 0 Å². The first kappa shape index (κ1) is 46.6. The van der Waals surface area contributed by atoms with Crippen molar-refractivity contribution in [1.29, 1.82) is 0 Å². The van der Waals surface area contributed by atoms with Crippen LogP contribution in [0.2, 0.25) is 0 Å². The van der Waals surface area contributed by atoms with Gasteiger partial charge in [0.1, 0.15) is 0 Å². The lowest BCUT2D eigenvalue weighted by Gasteiger charge is -1.71. The van der Waals surface area contributed by atoms with Gasteiger partial charge in [-0.25, -0.2) is 0 Å². The second-order valence-corrected chi connectivity index (χ2v) is 0.512. The summed E-state index contributed by atoms with van der Waals surface area (Å²) in [6.45, 7) is 0.472. The smallest absolute Gasteiger partial charge is 0.0553 e. The van der Waals surface area contributed by atoms with E-state index in [1.165, 1.54) is 0 Å². The molecule has 0 aliphatic carbocycles. The van der Waals surface area contributed by atoms with Gasteiger partial charge in [0.2, 0.25) is 0 Å². The van der Waals surface area contributed by atoms with Crippen LogP contribution in [0.5, 0.6) is 0 Å². The van der Waals surface area contributed by atoms with E-state index in [1.54, 1.807) is 0 Å². The van der Waals surface area contributed by atoms with Crippen molar-refractivity contribution in [2.24, 2.45) is 5.73 Å². The maximum absolute atomic E-state index is 7.75. The van der Waals surface area contributed by atoms with Crippen LogP contribution >= 0.6 is 0 Å². The van der Waals surface area contributed by atoms with Gasteiger partial charge in [0.15, 0.2) is 0 Å². The Hall–Kier alpha value is -0.240. The van der Waals surface area contributed by atoms with Gasteiger partial charge in [0, 0.05) is 6.54 Å². The molecule has 0 spiro atoms. The number of hydrogen-bond donors (Lipinski definition) is 6. The van der Waals surface area contributed by atoms with Gasteiger partial charge in [-0.2, -0.15) is 0 Å². The summed E-state index contributed by atoms with van der Waals surface area (Å²) in [5.41, 5.74) is 4.78. The maximum Gasteiger partial charge on any atom is 0.0553 e. The summed E-state index contributed by atoms with van der Waals surface area (Å²) in [5.74, 6) is 0. The molecule has 0 radical (unpaired) electrons. The van der Waals surface area contributed by atoms with Crippen LogP contribution in [0, 0.1) is 0 Å². The van der Waals surface area contributed by atoms with Crippen LogP contribution < -0.4 is 30.3 Å². The van der Waals surface area contributed by atoms with E-state index in [0.717, 1.165) is 0 Å². The van der Waals surface area contributed by atoms with Gasteiger partial charge in [-0.05, 0) is 0 Å². The highest BCUT2D eigenvalue weighted by atomic mass is 16.3. The molecule has 15 N–H and O–H groups in total. The maximum atomic E-state index is 7.75. The minimum atomic E-state index is 0. The largest absolute Gasteiger partial charge is 0.395 e. The van der Waals surface area contributed by atoms with Crippen molar-refractivity contribution in [3.05, 3.63) is 0 Å². The average molecular weight is 129 g/mol. The highest BCUT2D eigenvalue weighted by Crippen LogP contribution is 1.33. The van der Waals surface area contributed by atoms with Gasteiger partial charge in [-0.3, -0.25) is 0 Å². The SMILES string of the molecule is N.N.N.N.NCCO. The quantitative estimate of drug-likeness (QED) is 0.279. The molecule has 0 rings (SSSR count). The minimum Gasteiger partial charge on any atom is -0.395 e. The zero-order chi connectivity index (χ0) is 3.41. The van der Waals surface area contributed by atoms with Gasteiger partial charge < -0.3 is 35.4 Å². The Balaban J connectivity index is -0.00000000750. The van der Waals surface area contributed by atoms with E-state index in [0.29, 0.717) is 6.54 Å². The molecule has 0 fully saturated rings. The summed E-state index contributed by atoms with van der Waals surface area (Å²) in [6, 6.07) is 0. The standard InChI is InChI=1S/C2H7NO.4H3N/c3-1-2-4;;;;/h4H,1-3H2;4*1H3. The topological polar surface area (TPSA) is 186 Å². The third-order valence-corrected chi connectivity index (χ3v) is 0.129. The molecule has 0 saturated carbocycles. The molecule has 0 aliphatic rings. The fourth-order valence-corrected chi connectivity index (χ4v) is 0. The first-order chi connectivity index (χ1) is 1.91. The fourth-order valence-electron chi connectivity index (χ4n) is 0. The van der Waals surface area contributed by atoms with Crippen LogP contribution in [0.3, 0.4) is 0 Å². The molecular formula is C2H19N5O. The van der Waals surface area contributed by atoms with Crippen molar-refractivity contribution >= 4 is 0 Å². The summed E-state index contributed by atoms with van der Waals surface area (Å²) >= 11 is 0. The number of hydrogen-bond acceptors (Lipinski definition) is 6. The van der Waals surface area contributed by atoms with Crippen molar-refractivity contribution in [3.8, 4) is 0 Å². The predicted octanol–water partition coefficient (Wildman–Crippen LogP) is -0.415. The summed E-state index contributed by atoms with van der Waals surface area (Å²) < 4.78 is 0. The van der Waals surface area contributed by atoms with Crippen molar-refractivity contribution in [1.82, 2.24) is 24.6 Å². The molecule has 0 aliphatic heterocycles. The summed E-state index contributed by atoms with van der Waals surface area (Å²) in [6.07, 6.45) is 0. The minimum absolute atomic E-state index is 0. The summed E-state index contributed by atoms with van der Waals surface area (Å²) in [5, 5.41) is 7.75. The van der Waals surface area contributed by atoms with Crippen molar-refractivity contribution in [3.63, 3.8) is 0 Å². The van der Waals surface area contributed by atoms with Crippen LogP contribution in [-0.4, -0.2) is 18.3 Å². The Morgan fingerprint density at radius 2 is 1.12 bits per heavy atom.